The Morgan fingerprint density at radius 1 is 1.12 bits per heavy atom. The molecule has 33 heavy (non-hydrogen) atoms. The zero-order valence-corrected chi connectivity index (χ0v) is 17.9. The normalized spacial score (nSPS) is 17.7. The van der Waals surface area contributed by atoms with Crippen molar-refractivity contribution >= 4 is 23.1 Å². The highest BCUT2D eigenvalue weighted by Crippen LogP contribution is 2.43. The number of rotatable bonds is 6. The number of Topliss-reactive ketones (excluding diaryl/α,β-unsaturated/α-hetero) is 1. The molecule has 4 rings (SSSR count). The lowest BCUT2D eigenvalue weighted by molar-refractivity contribution is -0.132. The number of carbonyl (C=O) groups is 2. The number of aliphatic hydroxyl groups is 1. The highest BCUT2D eigenvalue weighted by atomic mass is 19.1. The van der Waals surface area contributed by atoms with E-state index in [-0.39, 0.29) is 22.8 Å². The Labute approximate surface area is 188 Å². The monoisotopic (exact) mass is 453 g/mol. The fourth-order valence-electron chi connectivity index (χ4n) is 3.62. The molecule has 2 heterocycles. The molecule has 1 aliphatic rings. The Morgan fingerprint density at radius 3 is 2.61 bits per heavy atom. The van der Waals surface area contributed by atoms with Crippen LogP contribution >= 0.6 is 0 Å². The lowest BCUT2D eigenvalue weighted by atomic mass is 9.99. The fraction of sp³-hybridized carbons (Fsp3) is 0.200. The average molecular weight is 453 g/mol. The van der Waals surface area contributed by atoms with Crippen molar-refractivity contribution < 1.29 is 32.6 Å². The summed E-state index contributed by atoms with van der Waals surface area (Å²) in [4.78, 5) is 26.7. The van der Waals surface area contributed by atoms with Crippen molar-refractivity contribution in [3.8, 4) is 5.75 Å². The van der Waals surface area contributed by atoms with E-state index in [0.29, 0.717) is 12.4 Å². The van der Waals surface area contributed by atoms with Gasteiger partial charge in [0.2, 0.25) is 0 Å². The van der Waals surface area contributed by atoms with E-state index >= 15 is 0 Å². The van der Waals surface area contributed by atoms with E-state index in [4.69, 9.17) is 9.15 Å². The van der Waals surface area contributed by atoms with Gasteiger partial charge in [-0.05, 0) is 42.3 Å². The number of amides is 1. The van der Waals surface area contributed by atoms with E-state index in [1.54, 1.807) is 18.2 Å². The van der Waals surface area contributed by atoms with Crippen molar-refractivity contribution in [1.82, 2.24) is 0 Å². The molecule has 1 amide bonds. The van der Waals surface area contributed by atoms with Crippen molar-refractivity contribution in [1.29, 1.82) is 0 Å². The molecule has 0 saturated carbocycles. The molecule has 0 aliphatic carbocycles. The van der Waals surface area contributed by atoms with Crippen LogP contribution in [0, 0.1) is 17.6 Å². The number of benzene rings is 2. The molecule has 3 aromatic rings. The van der Waals surface area contributed by atoms with Gasteiger partial charge in [-0.15, -0.1) is 0 Å². The van der Waals surface area contributed by atoms with E-state index in [2.05, 4.69) is 0 Å². The van der Waals surface area contributed by atoms with Gasteiger partial charge in [0, 0.05) is 11.6 Å². The average Bonchev–Trinajstić information content (AvgIpc) is 3.41. The Morgan fingerprint density at radius 2 is 1.91 bits per heavy atom. The number of ether oxygens (including phenoxy) is 1. The number of carbonyl (C=O) groups excluding carboxylic acids is 2. The standard InChI is InChI=1S/C25H21F2NO5/c1-14(2)13-33-17-6-3-5-15(11-17)23(29)21-22(20-7-4-10-32-20)28(25(31)24(21)30)19-12-16(26)8-9-18(19)27/h3-12,14,22,29H,13H2,1-2H3/b23-21-. The quantitative estimate of drug-likeness (QED) is 0.315. The van der Waals surface area contributed by atoms with Gasteiger partial charge in [-0.3, -0.25) is 14.5 Å². The molecule has 2 aromatic carbocycles. The molecular formula is C25H21F2NO5. The van der Waals surface area contributed by atoms with Gasteiger partial charge in [0.15, 0.2) is 0 Å². The number of hydrogen-bond donors (Lipinski definition) is 1. The Balaban J connectivity index is 1.86. The molecule has 170 valence electrons. The molecule has 8 heteroatoms. The Kier molecular flexibility index (Phi) is 6.00. The molecule has 1 aliphatic heterocycles. The van der Waals surface area contributed by atoms with E-state index < -0.39 is 40.8 Å². The highest BCUT2D eigenvalue weighted by Gasteiger charge is 2.49. The summed E-state index contributed by atoms with van der Waals surface area (Å²) in [7, 11) is 0. The number of halogens is 2. The van der Waals surface area contributed by atoms with Gasteiger partial charge in [-0.25, -0.2) is 8.78 Å². The number of hydrogen-bond acceptors (Lipinski definition) is 5. The second-order valence-corrected chi connectivity index (χ2v) is 8.01. The van der Waals surface area contributed by atoms with E-state index in [1.807, 2.05) is 13.8 Å². The molecule has 6 nitrogen and oxygen atoms in total. The number of furan rings is 1. The van der Waals surface area contributed by atoms with Gasteiger partial charge in [-0.1, -0.05) is 26.0 Å². The summed E-state index contributed by atoms with van der Waals surface area (Å²) in [5.74, 6) is -3.50. The van der Waals surface area contributed by atoms with Gasteiger partial charge >= 0.3 is 0 Å². The summed E-state index contributed by atoms with van der Waals surface area (Å²) in [6, 6.07) is 10.7. The van der Waals surface area contributed by atoms with Crippen LogP contribution in [0.15, 0.2) is 70.9 Å². The number of nitrogens with zero attached hydrogens (tertiary/aromatic N) is 1. The maximum atomic E-state index is 14.6. The van der Waals surface area contributed by atoms with Crippen LogP contribution in [0.1, 0.15) is 31.2 Å². The first-order valence-corrected chi connectivity index (χ1v) is 10.3. The number of ketones is 1. The summed E-state index contributed by atoms with van der Waals surface area (Å²) in [5, 5.41) is 11.1. The Bertz CT molecular complexity index is 1230. The first-order valence-electron chi connectivity index (χ1n) is 10.3. The molecular weight excluding hydrogens is 432 g/mol. The van der Waals surface area contributed by atoms with Gasteiger partial charge in [-0.2, -0.15) is 0 Å². The van der Waals surface area contributed by atoms with Crippen molar-refractivity contribution in [3.63, 3.8) is 0 Å². The molecule has 1 unspecified atom stereocenters. The maximum Gasteiger partial charge on any atom is 0.300 e. The van der Waals surface area contributed by atoms with Crippen LogP contribution in [-0.2, 0) is 9.59 Å². The van der Waals surface area contributed by atoms with Crippen molar-refractivity contribution in [2.75, 3.05) is 11.5 Å². The van der Waals surface area contributed by atoms with Crippen LogP contribution in [0.5, 0.6) is 5.75 Å². The summed E-state index contributed by atoms with van der Waals surface area (Å²) < 4.78 is 39.6. The van der Waals surface area contributed by atoms with E-state index in [9.17, 15) is 23.5 Å². The molecule has 0 bridgehead atoms. The lowest BCUT2D eigenvalue weighted by Crippen LogP contribution is -2.30. The fourth-order valence-corrected chi connectivity index (χ4v) is 3.62. The van der Waals surface area contributed by atoms with Crippen LogP contribution in [0.4, 0.5) is 14.5 Å². The first-order chi connectivity index (χ1) is 15.8. The van der Waals surface area contributed by atoms with Crippen LogP contribution in [0.25, 0.3) is 5.76 Å². The molecule has 1 aromatic heterocycles. The maximum absolute atomic E-state index is 14.6. The molecule has 1 fully saturated rings. The second kappa shape index (κ2) is 8.90. The SMILES string of the molecule is CC(C)COc1cccc(/C(O)=C2/C(=O)C(=O)N(c3cc(F)ccc3F)C2c2ccco2)c1. The molecule has 1 N–H and O–H groups in total. The summed E-state index contributed by atoms with van der Waals surface area (Å²) in [6.07, 6.45) is 1.32. The third-order valence-corrected chi connectivity index (χ3v) is 5.12. The summed E-state index contributed by atoms with van der Waals surface area (Å²) in [5.41, 5.74) is -0.517. The third kappa shape index (κ3) is 4.24. The third-order valence-electron chi connectivity index (χ3n) is 5.12. The number of anilines is 1. The van der Waals surface area contributed by atoms with Crippen molar-refractivity contribution in [2.45, 2.75) is 19.9 Å². The Hall–Kier alpha value is -3.94. The summed E-state index contributed by atoms with van der Waals surface area (Å²) in [6.45, 7) is 4.42. The predicted octanol–water partition coefficient (Wildman–Crippen LogP) is 5.22. The van der Waals surface area contributed by atoms with Gasteiger partial charge in [0.25, 0.3) is 11.7 Å². The van der Waals surface area contributed by atoms with Crippen LogP contribution in [0.2, 0.25) is 0 Å². The first kappa shape index (κ1) is 22.3. The van der Waals surface area contributed by atoms with Gasteiger partial charge < -0.3 is 14.3 Å². The minimum absolute atomic E-state index is 0.103. The minimum Gasteiger partial charge on any atom is -0.507 e. The van der Waals surface area contributed by atoms with Crippen LogP contribution in [0.3, 0.4) is 0 Å². The van der Waals surface area contributed by atoms with Gasteiger partial charge in [0.05, 0.1) is 24.1 Å². The van der Waals surface area contributed by atoms with Crippen molar-refractivity contribution in [2.24, 2.45) is 5.92 Å². The minimum atomic E-state index is -1.29. The second-order valence-electron chi connectivity index (χ2n) is 8.01. The van der Waals surface area contributed by atoms with Crippen LogP contribution < -0.4 is 9.64 Å². The topological polar surface area (TPSA) is 80.0 Å². The van der Waals surface area contributed by atoms with E-state index in [0.717, 1.165) is 23.1 Å². The molecule has 0 radical (unpaired) electrons. The summed E-state index contributed by atoms with van der Waals surface area (Å²) >= 11 is 0. The lowest BCUT2D eigenvalue weighted by Gasteiger charge is -2.23. The van der Waals surface area contributed by atoms with Gasteiger partial charge in [0.1, 0.15) is 34.9 Å². The number of aliphatic hydroxyl groups excluding tert-OH is 1. The van der Waals surface area contributed by atoms with Crippen LogP contribution in [-0.4, -0.2) is 23.4 Å². The molecule has 1 saturated heterocycles. The zero-order chi connectivity index (χ0) is 23.7. The predicted molar refractivity (Wildman–Crippen MR) is 117 cm³/mol. The zero-order valence-electron chi connectivity index (χ0n) is 17.9. The smallest absolute Gasteiger partial charge is 0.300 e. The molecule has 1 atom stereocenters. The van der Waals surface area contributed by atoms with E-state index in [1.165, 1.54) is 24.5 Å². The highest BCUT2D eigenvalue weighted by molar-refractivity contribution is 6.51. The largest absolute Gasteiger partial charge is 0.507 e. The molecule has 0 spiro atoms. The van der Waals surface area contributed by atoms with Crippen molar-refractivity contribution in [3.05, 3.63) is 89.4 Å².